The fourth-order valence-electron chi connectivity index (χ4n) is 3.74. The molecule has 1 nitrogen and oxygen atoms in total. The Bertz CT molecular complexity index is 1110. The number of hydrogen-bond acceptors (Lipinski definition) is 0. The zero-order valence-corrected chi connectivity index (χ0v) is 14.8. The van der Waals surface area contributed by atoms with E-state index in [1.165, 1.54) is 47.4 Å². The average molecular weight is 361 g/mol. The van der Waals surface area contributed by atoms with Gasteiger partial charge in [0.05, 0.1) is 0 Å². The van der Waals surface area contributed by atoms with E-state index in [2.05, 4.69) is 79.2 Å². The van der Waals surface area contributed by atoms with Crippen LogP contribution in [0.1, 0.15) is 5.56 Å². The summed E-state index contributed by atoms with van der Waals surface area (Å²) in [5.74, 6) is 0. The molecule has 3 aromatic carbocycles. The number of fused-ring (bicyclic) bond motifs is 3. The number of rotatable bonds is 0. The third-order valence-electron chi connectivity index (χ3n) is 4.83. The van der Waals surface area contributed by atoms with Crippen molar-refractivity contribution in [3.8, 4) is 11.3 Å². The Morgan fingerprint density at radius 3 is 2.57 bits per heavy atom. The van der Waals surface area contributed by atoms with Crippen LogP contribution in [0.25, 0.3) is 32.9 Å². The van der Waals surface area contributed by atoms with Gasteiger partial charge < -0.3 is 0 Å². The molecule has 0 atom stereocenters. The van der Waals surface area contributed by atoms with Gasteiger partial charge in [-0.2, -0.15) is 0 Å². The first-order chi connectivity index (χ1) is 11.2. The molecule has 1 aliphatic rings. The standard InChI is InChI=1S/C21H16NSe/c1-13-10-11-14-7-5-9-17-20(14)19(13)21-18(23-17)12-15-6-3-4-8-16(15)22(21)2/h3-12H,1-2H3/q+1. The molecule has 110 valence electrons. The van der Waals surface area contributed by atoms with Crippen LogP contribution in [-0.4, -0.2) is 15.0 Å². The van der Waals surface area contributed by atoms with Crippen molar-refractivity contribution in [1.29, 1.82) is 0 Å². The maximum absolute atomic E-state index is 2.40. The summed E-state index contributed by atoms with van der Waals surface area (Å²) in [7, 11) is 2.21. The van der Waals surface area contributed by atoms with E-state index in [0.717, 1.165) is 0 Å². The molecular formula is C21H16NSe+. The van der Waals surface area contributed by atoms with Gasteiger partial charge in [0.1, 0.15) is 0 Å². The van der Waals surface area contributed by atoms with E-state index in [0.29, 0.717) is 15.0 Å². The number of benzene rings is 3. The number of para-hydroxylation sites is 1. The molecule has 0 spiro atoms. The number of aromatic nitrogens is 1. The Hall–Kier alpha value is -2.15. The second-order valence-electron chi connectivity index (χ2n) is 6.19. The Morgan fingerprint density at radius 2 is 1.65 bits per heavy atom. The van der Waals surface area contributed by atoms with Crippen molar-refractivity contribution in [2.75, 3.05) is 0 Å². The zero-order valence-electron chi connectivity index (χ0n) is 13.1. The van der Waals surface area contributed by atoms with Crippen LogP contribution in [0.2, 0.25) is 0 Å². The first-order valence-electron chi connectivity index (χ1n) is 7.86. The third-order valence-corrected chi connectivity index (χ3v) is 7.12. The maximum atomic E-state index is 2.40. The predicted octanol–water partition coefficient (Wildman–Crippen LogP) is 2.76. The summed E-state index contributed by atoms with van der Waals surface area (Å²) in [6, 6.07) is 22.4. The fourth-order valence-corrected chi connectivity index (χ4v) is 6.31. The minimum atomic E-state index is 0.359. The van der Waals surface area contributed by atoms with Gasteiger partial charge in [0, 0.05) is 0 Å². The van der Waals surface area contributed by atoms with E-state index in [9.17, 15) is 0 Å². The van der Waals surface area contributed by atoms with Gasteiger partial charge in [-0.25, -0.2) is 0 Å². The first kappa shape index (κ1) is 13.3. The summed E-state index contributed by atoms with van der Waals surface area (Å²) in [5.41, 5.74) is 5.50. The van der Waals surface area contributed by atoms with Crippen LogP contribution in [0.5, 0.6) is 0 Å². The molecule has 0 radical (unpaired) electrons. The molecule has 0 bridgehead atoms. The van der Waals surface area contributed by atoms with E-state index in [1.54, 1.807) is 0 Å². The minimum absolute atomic E-state index is 0.359. The molecule has 1 aromatic heterocycles. The summed E-state index contributed by atoms with van der Waals surface area (Å²) < 4.78 is 5.40. The monoisotopic (exact) mass is 362 g/mol. The zero-order chi connectivity index (χ0) is 15.6. The van der Waals surface area contributed by atoms with Crippen LogP contribution in [0, 0.1) is 6.92 Å². The van der Waals surface area contributed by atoms with Gasteiger partial charge in [0.25, 0.3) is 0 Å². The summed E-state index contributed by atoms with van der Waals surface area (Å²) in [4.78, 5) is 0. The fraction of sp³-hybridized carbons (Fsp3) is 0.0952. The molecule has 0 saturated carbocycles. The molecule has 0 N–H and O–H groups in total. The molecule has 2 heteroatoms. The van der Waals surface area contributed by atoms with Crippen molar-refractivity contribution in [2.24, 2.45) is 7.05 Å². The van der Waals surface area contributed by atoms with Gasteiger partial charge in [-0.15, -0.1) is 0 Å². The topological polar surface area (TPSA) is 3.88 Å². The van der Waals surface area contributed by atoms with Gasteiger partial charge >= 0.3 is 142 Å². The second-order valence-corrected chi connectivity index (χ2v) is 8.46. The van der Waals surface area contributed by atoms with Crippen LogP contribution < -0.4 is 13.5 Å². The molecule has 0 saturated heterocycles. The van der Waals surface area contributed by atoms with Crippen LogP contribution in [0.3, 0.4) is 0 Å². The second kappa shape index (κ2) is 4.67. The normalized spacial score (nSPS) is 12.6. The number of pyridine rings is 1. The molecule has 0 unspecified atom stereocenters. The van der Waals surface area contributed by atoms with Crippen LogP contribution in [0.4, 0.5) is 0 Å². The number of hydrogen-bond donors (Lipinski definition) is 0. The molecule has 23 heavy (non-hydrogen) atoms. The van der Waals surface area contributed by atoms with Crippen LogP contribution in [0.15, 0.2) is 60.7 Å². The number of nitrogens with zero attached hydrogens (tertiary/aromatic N) is 1. The summed E-state index contributed by atoms with van der Waals surface area (Å²) in [5, 5.41) is 4.16. The van der Waals surface area contributed by atoms with Crippen molar-refractivity contribution in [2.45, 2.75) is 6.92 Å². The summed E-state index contributed by atoms with van der Waals surface area (Å²) in [6.45, 7) is 2.24. The molecule has 0 aliphatic carbocycles. The van der Waals surface area contributed by atoms with E-state index in [1.807, 2.05) is 0 Å². The van der Waals surface area contributed by atoms with E-state index < -0.39 is 0 Å². The van der Waals surface area contributed by atoms with E-state index in [4.69, 9.17) is 0 Å². The Kier molecular flexibility index (Phi) is 2.70. The molecule has 2 heterocycles. The van der Waals surface area contributed by atoms with Crippen LogP contribution in [-0.2, 0) is 7.05 Å². The third kappa shape index (κ3) is 1.77. The van der Waals surface area contributed by atoms with E-state index >= 15 is 0 Å². The molecule has 4 aromatic rings. The van der Waals surface area contributed by atoms with Gasteiger partial charge in [0.15, 0.2) is 0 Å². The number of aryl methyl sites for hydroxylation is 2. The molecule has 1 aliphatic heterocycles. The van der Waals surface area contributed by atoms with Crippen molar-refractivity contribution < 1.29 is 4.57 Å². The Labute approximate surface area is 141 Å². The molecule has 0 fully saturated rings. The van der Waals surface area contributed by atoms with Crippen molar-refractivity contribution in [3.05, 3.63) is 66.2 Å². The molecular weight excluding hydrogens is 345 g/mol. The first-order valence-corrected chi connectivity index (χ1v) is 9.58. The SMILES string of the molecule is Cc1ccc2cccc3c2c1-c1c(cc2ccccc2[n+]1C)[Se]3. The predicted molar refractivity (Wildman–Crippen MR) is 97.8 cm³/mol. The van der Waals surface area contributed by atoms with Crippen LogP contribution >= 0.6 is 0 Å². The van der Waals surface area contributed by atoms with Gasteiger partial charge in [-0.3, -0.25) is 0 Å². The van der Waals surface area contributed by atoms with E-state index in [-0.39, 0.29) is 0 Å². The average Bonchev–Trinajstić information content (AvgIpc) is 2.57. The van der Waals surface area contributed by atoms with Gasteiger partial charge in [-0.1, -0.05) is 0 Å². The van der Waals surface area contributed by atoms with Gasteiger partial charge in [0.2, 0.25) is 0 Å². The quantitative estimate of drug-likeness (QED) is 0.295. The summed E-state index contributed by atoms with van der Waals surface area (Å²) >= 11 is 0.359. The molecule has 0 amide bonds. The van der Waals surface area contributed by atoms with Crippen molar-refractivity contribution in [3.63, 3.8) is 0 Å². The van der Waals surface area contributed by atoms with Gasteiger partial charge in [-0.05, 0) is 0 Å². The molecule has 5 rings (SSSR count). The van der Waals surface area contributed by atoms with Crippen molar-refractivity contribution >= 4 is 45.6 Å². The Morgan fingerprint density at radius 1 is 0.826 bits per heavy atom. The Balaban J connectivity index is 2.02. The summed E-state index contributed by atoms with van der Waals surface area (Å²) in [6.07, 6.45) is 0. The van der Waals surface area contributed by atoms with Crippen molar-refractivity contribution in [1.82, 2.24) is 0 Å².